The summed E-state index contributed by atoms with van der Waals surface area (Å²) in [6.07, 6.45) is 8.90. The molecule has 1 fully saturated rings. The van der Waals surface area contributed by atoms with Gasteiger partial charge in [-0.2, -0.15) is 0 Å². The predicted molar refractivity (Wildman–Crippen MR) is 96.3 cm³/mol. The van der Waals surface area contributed by atoms with E-state index in [0.717, 1.165) is 31.0 Å². The molecule has 0 amide bonds. The fraction of sp³-hybridized carbons (Fsp3) is 0.737. The molecule has 1 aliphatic rings. The Morgan fingerprint density at radius 2 is 2.14 bits per heavy atom. The average molecular weight is 306 g/mol. The number of hydrogen-bond donors (Lipinski definition) is 0. The van der Waals surface area contributed by atoms with Gasteiger partial charge in [0.15, 0.2) is 0 Å². The van der Waals surface area contributed by atoms with Gasteiger partial charge in [0.2, 0.25) is 0 Å². The first-order valence-corrected chi connectivity index (χ1v) is 8.59. The molecule has 1 saturated heterocycles. The first-order valence-electron chi connectivity index (χ1n) is 8.59. The molecular formula is C19H34N2O. The van der Waals surface area contributed by atoms with Crippen molar-refractivity contribution in [1.29, 1.82) is 0 Å². The third-order valence-corrected chi connectivity index (χ3v) is 4.88. The second kappa shape index (κ2) is 9.14. The smallest absolute Gasteiger partial charge is 0.118 e. The van der Waals surface area contributed by atoms with Crippen LogP contribution in [0.25, 0.3) is 0 Å². The van der Waals surface area contributed by atoms with E-state index in [1.54, 1.807) is 0 Å². The van der Waals surface area contributed by atoms with Gasteiger partial charge in [0.25, 0.3) is 0 Å². The molecule has 1 heterocycles. The van der Waals surface area contributed by atoms with Gasteiger partial charge in [0, 0.05) is 31.6 Å². The van der Waals surface area contributed by atoms with Gasteiger partial charge in [-0.05, 0) is 42.7 Å². The quantitative estimate of drug-likeness (QED) is 0.545. The molecule has 3 heteroatoms. The van der Waals surface area contributed by atoms with Crippen molar-refractivity contribution in [1.82, 2.24) is 4.90 Å². The number of ether oxygens (including phenoxy) is 1. The van der Waals surface area contributed by atoms with Crippen LogP contribution in [0, 0.1) is 11.3 Å². The molecular weight excluding hydrogens is 272 g/mol. The summed E-state index contributed by atoms with van der Waals surface area (Å²) in [5, 5.41) is 0. The Kier molecular flexibility index (Phi) is 7.88. The van der Waals surface area contributed by atoms with E-state index in [2.05, 4.69) is 50.2 Å². The zero-order valence-electron chi connectivity index (χ0n) is 15.2. The Labute approximate surface area is 137 Å². The van der Waals surface area contributed by atoms with E-state index in [1.165, 1.54) is 19.3 Å². The van der Waals surface area contributed by atoms with Crippen LogP contribution < -0.4 is 0 Å². The van der Waals surface area contributed by atoms with Crippen molar-refractivity contribution >= 4 is 5.71 Å². The van der Waals surface area contributed by atoms with Gasteiger partial charge in [-0.3, -0.25) is 4.99 Å². The van der Waals surface area contributed by atoms with Crippen LogP contribution in [-0.2, 0) is 4.74 Å². The van der Waals surface area contributed by atoms with Crippen molar-refractivity contribution in [3.8, 4) is 0 Å². The van der Waals surface area contributed by atoms with Crippen LogP contribution in [0.15, 0.2) is 29.4 Å². The number of aliphatic imine (C=N–C) groups is 1. The van der Waals surface area contributed by atoms with E-state index in [1.807, 2.05) is 13.1 Å². The lowest BCUT2D eigenvalue weighted by Gasteiger charge is -2.27. The number of allylic oxidation sites excluding steroid dienone is 2. The van der Waals surface area contributed by atoms with E-state index in [9.17, 15) is 0 Å². The molecule has 0 aromatic rings. The second-order valence-electron chi connectivity index (χ2n) is 6.90. The second-order valence-corrected chi connectivity index (χ2v) is 6.90. The molecule has 0 bridgehead atoms. The molecule has 1 atom stereocenters. The summed E-state index contributed by atoms with van der Waals surface area (Å²) < 4.78 is 5.92. The van der Waals surface area contributed by atoms with E-state index in [0.29, 0.717) is 18.1 Å². The molecule has 0 aromatic heterocycles. The normalized spacial score (nSPS) is 25.6. The van der Waals surface area contributed by atoms with E-state index >= 15 is 0 Å². The maximum atomic E-state index is 5.92. The third kappa shape index (κ3) is 5.60. The number of rotatable bonds is 5. The standard InChI is InChI=1S/C19H34N2O/c1-7-17(14-18(20-6)16(3)4)21-12-9-10-19(5,8-2)11-13-22-15-21/h7,14,16H,1,8-13,15H2,2-6H3/b17-14+,20-18?. The topological polar surface area (TPSA) is 24.8 Å². The molecule has 0 aromatic carbocycles. The summed E-state index contributed by atoms with van der Waals surface area (Å²) in [6, 6.07) is 0. The Bertz CT molecular complexity index is 412. The molecule has 0 aliphatic carbocycles. The molecule has 0 spiro atoms. The first-order chi connectivity index (χ1) is 10.5. The van der Waals surface area contributed by atoms with Crippen LogP contribution in [0.3, 0.4) is 0 Å². The summed E-state index contributed by atoms with van der Waals surface area (Å²) >= 11 is 0. The number of hydrogen-bond acceptors (Lipinski definition) is 3. The zero-order chi connectivity index (χ0) is 16.6. The molecule has 1 unspecified atom stereocenters. The fourth-order valence-corrected chi connectivity index (χ4v) is 2.86. The van der Waals surface area contributed by atoms with Crippen molar-refractivity contribution in [3.05, 3.63) is 24.4 Å². The SMILES string of the molecule is C=C/C(=C\C(=NC)C(C)C)N1CCCC(C)(CC)CCOC1. The van der Waals surface area contributed by atoms with Gasteiger partial charge in [0.05, 0.1) is 0 Å². The van der Waals surface area contributed by atoms with Crippen molar-refractivity contribution in [3.63, 3.8) is 0 Å². The van der Waals surface area contributed by atoms with Crippen molar-refractivity contribution < 1.29 is 4.74 Å². The van der Waals surface area contributed by atoms with Gasteiger partial charge < -0.3 is 9.64 Å². The van der Waals surface area contributed by atoms with Gasteiger partial charge in [-0.15, -0.1) is 0 Å². The van der Waals surface area contributed by atoms with Crippen LogP contribution in [0.1, 0.15) is 53.4 Å². The van der Waals surface area contributed by atoms with Crippen LogP contribution in [0.5, 0.6) is 0 Å². The molecule has 1 rings (SSSR count). The molecule has 0 radical (unpaired) electrons. The van der Waals surface area contributed by atoms with Gasteiger partial charge >= 0.3 is 0 Å². The van der Waals surface area contributed by atoms with Crippen molar-refractivity contribution in [2.24, 2.45) is 16.3 Å². The summed E-state index contributed by atoms with van der Waals surface area (Å²) in [5.74, 6) is 0.418. The lowest BCUT2D eigenvalue weighted by Crippen LogP contribution is -2.27. The van der Waals surface area contributed by atoms with Crippen molar-refractivity contribution in [2.75, 3.05) is 26.9 Å². The summed E-state index contributed by atoms with van der Waals surface area (Å²) in [4.78, 5) is 6.69. The van der Waals surface area contributed by atoms with Gasteiger partial charge in [0.1, 0.15) is 6.73 Å². The molecule has 1 aliphatic heterocycles. The maximum absolute atomic E-state index is 5.92. The average Bonchev–Trinajstić information content (AvgIpc) is 2.59. The highest BCUT2D eigenvalue weighted by Crippen LogP contribution is 2.32. The fourth-order valence-electron chi connectivity index (χ4n) is 2.86. The Hall–Kier alpha value is -1.09. The Balaban J connectivity index is 2.84. The minimum atomic E-state index is 0.418. The lowest BCUT2D eigenvalue weighted by molar-refractivity contribution is 0.0422. The lowest BCUT2D eigenvalue weighted by atomic mass is 9.80. The van der Waals surface area contributed by atoms with Crippen LogP contribution in [0.2, 0.25) is 0 Å². The minimum Gasteiger partial charge on any atom is -0.361 e. The Morgan fingerprint density at radius 3 is 2.68 bits per heavy atom. The highest BCUT2D eigenvalue weighted by Gasteiger charge is 2.23. The molecule has 0 saturated carbocycles. The number of nitrogens with zero attached hydrogens (tertiary/aromatic N) is 2. The van der Waals surface area contributed by atoms with Crippen LogP contribution in [0.4, 0.5) is 0 Å². The monoisotopic (exact) mass is 306 g/mol. The van der Waals surface area contributed by atoms with Crippen LogP contribution in [-0.4, -0.2) is 37.5 Å². The molecule has 3 nitrogen and oxygen atoms in total. The van der Waals surface area contributed by atoms with E-state index in [-0.39, 0.29) is 0 Å². The summed E-state index contributed by atoms with van der Waals surface area (Å²) in [5.41, 5.74) is 2.64. The largest absolute Gasteiger partial charge is 0.361 e. The highest BCUT2D eigenvalue weighted by atomic mass is 16.5. The molecule has 126 valence electrons. The minimum absolute atomic E-state index is 0.418. The predicted octanol–water partition coefficient (Wildman–Crippen LogP) is 4.66. The van der Waals surface area contributed by atoms with Crippen LogP contribution >= 0.6 is 0 Å². The van der Waals surface area contributed by atoms with Crippen molar-refractivity contribution in [2.45, 2.75) is 53.4 Å². The highest BCUT2D eigenvalue weighted by molar-refractivity contribution is 5.97. The van der Waals surface area contributed by atoms with Gasteiger partial charge in [-0.1, -0.05) is 40.7 Å². The van der Waals surface area contributed by atoms with E-state index in [4.69, 9.17) is 4.74 Å². The molecule has 0 N–H and O–H groups in total. The zero-order valence-corrected chi connectivity index (χ0v) is 15.2. The third-order valence-electron chi connectivity index (χ3n) is 4.88. The summed E-state index contributed by atoms with van der Waals surface area (Å²) in [6.45, 7) is 15.5. The van der Waals surface area contributed by atoms with Gasteiger partial charge in [-0.25, -0.2) is 0 Å². The molecule has 22 heavy (non-hydrogen) atoms. The first kappa shape index (κ1) is 19.0. The van der Waals surface area contributed by atoms with E-state index < -0.39 is 0 Å². The summed E-state index contributed by atoms with van der Waals surface area (Å²) in [7, 11) is 1.86. The Morgan fingerprint density at radius 1 is 1.41 bits per heavy atom. The maximum Gasteiger partial charge on any atom is 0.118 e.